The average Bonchev–Trinajstić information content (AvgIpc) is 2.65. The smallest absolute Gasteiger partial charge is 0.242 e. The number of ether oxygens (including phenoxy) is 2. The Morgan fingerprint density at radius 3 is 2.46 bits per heavy atom. The van der Waals surface area contributed by atoms with Crippen LogP contribution in [0.5, 0.6) is 11.5 Å². The van der Waals surface area contributed by atoms with Crippen molar-refractivity contribution in [2.75, 3.05) is 18.5 Å². The van der Waals surface area contributed by atoms with Crippen LogP contribution in [0.1, 0.15) is 13.8 Å². The number of amides is 1. The molecular formula is C19H21FN2O5S. The first-order valence-corrected chi connectivity index (χ1v) is 10.2. The summed E-state index contributed by atoms with van der Waals surface area (Å²) in [5.41, 5.74) is 0.245. The average molecular weight is 408 g/mol. The third-order valence-corrected chi connectivity index (χ3v) is 5.59. The summed E-state index contributed by atoms with van der Waals surface area (Å²) in [6.45, 7) is 4.14. The maximum atomic E-state index is 13.3. The molecule has 7 nitrogen and oxygen atoms in total. The normalized spacial score (nSPS) is 14.6. The number of benzene rings is 2. The van der Waals surface area contributed by atoms with Crippen molar-refractivity contribution in [2.24, 2.45) is 5.92 Å². The van der Waals surface area contributed by atoms with Crippen LogP contribution in [0.25, 0.3) is 0 Å². The van der Waals surface area contributed by atoms with Crippen molar-refractivity contribution in [1.29, 1.82) is 0 Å². The van der Waals surface area contributed by atoms with Crippen LogP contribution < -0.4 is 19.5 Å². The number of rotatable bonds is 6. The van der Waals surface area contributed by atoms with Crippen molar-refractivity contribution in [1.82, 2.24) is 4.72 Å². The summed E-state index contributed by atoms with van der Waals surface area (Å²) in [6, 6.07) is 8.59. The van der Waals surface area contributed by atoms with Gasteiger partial charge in [0.15, 0.2) is 11.5 Å². The van der Waals surface area contributed by atoms with Crippen LogP contribution in [0.4, 0.5) is 10.1 Å². The van der Waals surface area contributed by atoms with Crippen molar-refractivity contribution < 1.29 is 27.1 Å². The van der Waals surface area contributed by atoms with Gasteiger partial charge in [-0.2, -0.15) is 4.72 Å². The Balaban J connectivity index is 1.80. The zero-order valence-electron chi connectivity index (χ0n) is 15.4. The van der Waals surface area contributed by atoms with E-state index in [0.717, 1.165) is 6.07 Å². The van der Waals surface area contributed by atoms with Crippen LogP contribution in [-0.2, 0) is 14.8 Å². The van der Waals surface area contributed by atoms with Gasteiger partial charge in [0, 0.05) is 11.8 Å². The van der Waals surface area contributed by atoms with E-state index in [4.69, 9.17) is 9.47 Å². The van der Waals surface area contributed by atoms with Crippen LogP contribution in [0.15, 0.2) is 47.4 Å². The highest BCUT2D eigenvalue weighted by Crippen LogP contribution is 2.32. The summed E-state index contributed by atoms with van der Waals surface area (Å²) < 4.78 is 52.1. The first-order valence-electron chi connectivity index (χ1n) is 8.75. The molecule has 2 aromatic rings. The summed E-state index contributed by atoms with van der Waals surface area (Å²) in [5, 5.41) is 2.54. The fraction of sp³-hybridized carbons (Fsp3) is 0.316. The number of sulfonamides is 1. The van der Waals surface area contributed by atoms with Gasteiger partial charge in [0.25, 0.3) is 0 Å². The highest BCUT2D eigenvalue weighted by atomic mass is 32.2. The summed E-state index contributed by atoms with van der Waals surface area (Å²) in [7, 11) is -4.00. The molecule has 0 spiro atoms. The molecule has 150 valence electrons. The minimum atomic E-state index is -4.00. The Hall–Kier alpha value is -2.65. The molecular weight excluding hydrogens is 387 g/mol. The van der Waals surface area contributed by atoms with E-state index in [2.05, 4.69) is 10.0 Å². The van der Waals surface area contributed by atoms with Crippen molar-refractivity contribution in [3.63, 3.8) is 0 Å². The van der Waals surface area contributed by atoms with E-state index in [9.17, 15) is 17.6 Å². The summed E-state index contributed by atoms with van der Waals surface area (Å²) in [4.78, 5) is 12.6. The van der Waals surface area contributed by atoms with Crippen molar-refractivity contribution in [3.8, 4) is 11.5 Å². The van der Waals surface area contributed by atoms with E-state index in [-0.39, 0.29) is 16.5 Å². The lowest BCUT2D eigenvalue weighted by Gasteiger charge is -2.23. The number of carbonyl (C=O) groups excluding carboxylic acids is 1. The van der Waals surface area contributed by atoms with Crippen LogP contribution in [0.3, 0.4) is 0 Å². The van der Waals surface area contributed by atoms with Gasteiger partial charge >= 0.3 is 0 Å². The molecule has 1 aliphatic rings. The molecule has 1 aliphatic heterocycles. The topological polar surface area (TPSA) is 93.7 Å². The van der Waals surface area contributed by atoms with E-state index in [1.54, 1.807) is 13.8 Å². The summed E-state index contributed by atoms with van der Waals surface area (Å²) >= 11 is 0. The van der Waals surface area contributed by atoms with Gasteiger partial charge in [-0.25, -0.2) is 12.8 Å². The maximum absolute atomic E-state index is 13.3. The van der Waals surface area contributed by atoms with E-state index in [1.165, 1.54) is 36.4 Å². The molecule has 2 aromatic carbocycles. The first kappa shape index (κ1) is 20.1. The summed E-state index contributed by atoms with van der Waals surface area (Å²) in [6.07, 6.45) is 0. The molecule has 28 heavy (non-hydrogen) atoms. The largest absolute Gasteiger partial charge is 0.486 e. The minimum Gasteiger partial charge on any atom is -0.486 e. The number of carbonyl (C=O) groups is 1. The third-order valence-electron chi connectivity index (χ3n) is 4.15. The second kappa shape index (κ2) is 8.15. The van der Waals surface area contributed by atoms with E-state index in [0.29, 0.717) is 24.7 Å². The number of hydrogen-bond acceptors (Lipinski definition) is 5. The lowest BCUT2D eigenvalue weighted by molar-refractivity contribution is -0.118. The Bertz CT molecular complexity index is 978. The molecule has 1 atom stereocenters. The number of anilines is 1. The standard InChI is InChI=1S/C19H21FN2O5S/c1-12(2)18(19(23)21-14-5-3-4-13(20)10-14)22-28(24,25)15-6-7-16-17(11-15)27-9-8-26-16/h3-7,10-12,18,22H,8-9H2,1-2H3,(H,21,23)/t18-/m0/s1. The number of fused-ring (bicyclic) bond motifs is 1. The van der Waals surface area contributed by atoms with Crippen LogP contribution in [-0.4, -0.2) is 33.6 Å². The van der Waals surface area contributed by atoms with Crippen LogP contribution in [0.2, 0.25) is 0 Å². The van der Waals surface area contributed by atoms with Crippen molar-refractivity contribution in [2.45, 2.75) is 24.8 Å². The molecule has 3 rings (SSSR count). The van der Waals surface area contributed by atoms with Gasteiger partial charge in [-0.15, -0.1) is 0 Å². The molecule has 9 heteroatoms. The summed E-state index contributed by atoms with van der Waals surface area (Å²) in [5.74, 6) is -0.632. The molecule has 0 radical (unpaired) electrons. The minimum absolute atomic E-state index is 0.0408. The molecule has 1 heterocycles. The van der Waals surface area contributed by atoms with E-state index < -0.39 is 27.8 Å². The van der Waals surface area contributed by atoms with Crippen molar-refractivity contribution >= 4 is 21.6 Å². The van der Waals surface area contributed by atoms with E-state index >= 15 is 0 Å². The van der Waals surface area contributed by atoms with Gasteiger partial charge in [-0.05, 0) is 36.2 Å². The van der Waals surface area contributed by atoms with Crippen molar-refractivity contribution in [3.05, 3.63) is 48.3 Å². The maximum Gasteiger partial charge on any atom is 0.242 e. The SMILES string of the molecule is CC(C)[C@H](NS(=O)(=O)c1ccc2c(c1)OCCO2)C(=O)Nc1cccc(F)c1. The zero-order chi connectivity index (χ0) is 20.3. The number of nitrogens with one attached hydrogen (secondary N) is 2. The second-order valence-electron chi connectivity index (χ2n) is 6.65. The van der Waals surface area contributed by atoms with Gasteiger partial charge < -0.3 is 14.8 Å². The molecule has 0 aliphatic carbocycles. The van der Waals surface area contributed by atoms with Gasteiger partial charge in [-0.3, -0.25) is 4.79 Å². The lowest BCUT2D eigenvalue weighted by atomic mass is 10.0. The molecule has 0 saturated carbocycles. The Kier molecular flexibility index (Phi) is 5.85. The Morgan fingerprint density at radius 2 is 1.79 bits per heavy atom. The lowest BCUT2D eigenvalue weighted by Crippen LogP contribution is -2.47. The monoisotopic (exact) mass is 408 g/mol. The second-order valence-corrected chi connectivity index (χ2v) is 8.36. The molecule has 1 amide bonds. The van der Waals surface area contributed by atoms with Crippen LogP contribution >= 0.6 is 0 Å². The Morgan fingerprint density at radius 1 is 1.07 bits per heavy atom. The fourth-order valence-corrected chi connectivity index (χ4v) is 4.06. The van der Waals surface area contributed by atoms with Gasteiger partial charge in [0.05, 0.1) is 4.90 Å². The quantitative estimate of drug-likeness (QED) is 0.766. The first-order chi connectivity index (χ1) is 13.3. The number of hydrogen-bond donors (Lipinski definition) is 2. The van der Waals surface area contributed by atoms with E-state index in [1.807, 2.05) is 0 Å². The molecule has 2 N–H and O–H groups in total. The molecule has 0 fully saturated rings. The molecule has 0 unspecified atom stereocenters. The molecule has 0 bridgehead atoms. The Labute approximate surface area is 162 Å². The zero-order valence-corrected chi connectivity index (χ0v) is 16.3. The molecule has 0 saturated heterocycles. The molecule has 0 aromatic heterocycles. The van der Waals surface area contributed by atoms with Gasteiger partial charge in [-0.1, -0.05) is 19.9 Å². The number of halogens is 1. The van der Waals surface area contributed by atoms with Gasteiger partial charge in [0.2, 0.25) is 15.9 Å². The predicted molar refractivity (Wildman–Crippen MR) is 101 cm³/mol. The van der Waals surface area contributed by atoms with Gasteiger partial charge in [0.1, 0.15) is 25.1 Å². The fourth-order valence-electron chi connectivity index (χ4n) is 2.70. The highest BCUT2D eigenvalue weighted by molar-refractivity contribution is 7.89. The third kappa shape index (κ3) is 4.60. The predicted octanol–water partition coefficient (Wildman–Crippen LogP) is 2.54. The van der Waals surface area contributed by atoms with Crippen LogP contribution in [0, 0.1) is 11.7 Å². The highest BCUT2D eigenvalue weighted by Gasteiger charge is 2.29.